The zero-order chi connectivity index (χ0) is 8.39. The van der Waals surface area contributed by atoms with E-state index in [1.165, 1.54) is 38.6 Å². The van der Waals surface area contributed by atoms with Crippen LogP contribution in [0.15, 0.2) is 0 Å². The lowest BCUT2D eigenvalue weighted by molar-refractivity contribution is 0.117. The van der Waals surface area contributed by atoms with Crippen molar-refractivity contribution in [1.29, 1.82) is 0 Å². The predicted molar refractivity (Wildman–Crippen MR) is 51.0 cm³/mol. The van der Waals surface area contributed by atoms with Crippen LogP contribution in [0, 0.1) is 5.92 Å². The first kappa shape index (κ1) is 8.52. The molecular formula is C10H20N2. The third-order valence-corrected chi connectivity index (χ3v) is 3.52. The number of fused-ring (bicyclic) bond motifs is 1. The SMILES string of the molecule is NCCN1CCC[C@H]2CCC[C@@H]21. The summed E-state index contributed by atoms with van der Waals surface area (Å²) in [6.45, 7) is 3.27. The van der Waals surface area contributed by atoms with Crippen LogP contribution in [0.4, 0.5) is 0 Å². The van der Waals surface area contributed by atoms with Crippen molar-refractivity contribution in [2.24, 2.45) is 11.7 Å². The quantitative estimate of drug-likeness (QED) is 0.671. The van der Waals surface area contributed by atoms with Crippen molar-refractivity contribution in [3.05, 3.63) is 0 Å². The van der Waals surface area contributed by atoms with Gasteiger partial charge in [-0.3, -0.25) is 4.90 Å². The molecule has 1 heterocycles. The van der Waals surface area contributed by atoms with Crippen LogP contribution >= 0.6 is 0 Å². The highest BCUT2D eigenvalue weighted by Crippen LogP contribution is 2.36. The summed E-state index contributed by atoms with van der Waals surface area (Å²) in [6, 6.07) is 0.905. The molecule has 2 N–H and O–H groups in total. The standard InChI is InChI=1S/C10H20N2/c11-6-8-12-7-2-4-9-3-1-5-10(9)12/h9-10H,1-8,11H2/t9-,10+/m1/s1. The molecule has 0 spiro atoms. The van der Waals surface area contributed by atoms with E-state index in [0.717, 1.165) is 25.0 Å². The van der Waals surface area contributed by atoms with E-state index in [0.29, 0.717) is 0 Å². The van der Waals surface area contributed by atoms with Crippen LogP contribution in [0.25, 0.3) is 0 Å². The minimum absolute atomic E-state index is 0.837. The molecule has 0 aromatic rings. The largest absolute Gasteiger partial charge is 0.329 e. The zero-order valence-corrected chi connectivity index (χ0v) is 7.84. The van der Waals surface area contributed by atoms with Crippen LogP contribution in [0.3, 0.4) is 0 Å². The molecule has 2 rings (SSSR count). The van der Waals surface area contributed by atoms with Crippen LogP contribution in [-0.2, 0) is 0 Å². The van der Waals surface area contributed by atoms with Crippen LogP contribution < -0.4 is 5.73 Å². The molecule has 1 aliphatic heterocycles. The van der Waals surface area contributed by atoms with E-state index in [1.54, 1.807) is 0 Å². The monoisotopic (exact) mass is 168 g/mol. The molecule has 0 aromatic heterocycles. The molecule has 2 nitrogen and oxygen atoms in total. The zero-order valence-electron chi connectivity index (χ0n) is 7.84. The molecule has 2 aliphatic rings. The fourth-order valence-corrected chi connectivity index (χ4v) is 3.00. The molecule has 1 aliphatic carbocycles. The molecule has 70 valence electrons. The van der Waals surface area contributed by atoms with Gasteiger partial charge < -0.3 is 5.73 Å². The summed E-state index contributed by atoms with van der Waals surface area (Å²) in [5.41, 5.74) is 5.60. The van der Waals surface area contributed by atoms with Crippen LogP contribution in [-0.4, -0.2) is 30.6 Å². The van der Waals surface area contributed by atoms with Crippen molar-refractivity contribution >= 4 is 0 Å². The van der Waals surface area contributed by atoms with Gasteiger partial charge in [0.25, 0.3) is 0 Å². The fraction of sp³-hybridized carbons (Fsp3) is 1.00. The van der Waals surface area contributed by atoms with E-state index >= 15 is 0 Å². The lowest BCUT2D eigenvalue weighted by Gasteiger charge is -2.37. The minimum atomic E-state index is 0.837. The lowest BCUT2D eigenvalue weighted by Crippen LogP contribution is -2.44. The maximum atomic E-state index is 5.60. The van der Waals surface area contributed by atoms with Gasteiger partial charge in [0, 0.05) is 19.1 Å². The molecule has 0 bridgehead atoms. The Hall–Kier alpha value is -0.0800. The Labute approximate surface area is 75.1 Å². The van der Waals surface area contributed by atoms with Gasteiger partial charge in [0.1, 0.15) is 0 Å². The number of likely N-dealkylation sites (tertiary alicyclic amines) is 1. The van der Waals surface area contributed by atoms with Gasteiger partial charge >= 0.3 is 0 Å². The maximum absolute atomic E-state index is 5.60. The lowest BCUT2D eigenvalue weighted by atomic mass is 9.92. The predicted octanol–water partition coefficient (Wildman–Crippen LogP) is 1.21. The second-order valence-electron chi connectivity index (χ2n) is 4.23. The van der Waals surface area contributed by atoms with E-state index in [4.69, 9.17) is 5.73 Å². The highest BCUT2D eigenvalue weighted by molar-refractivity contribution is 4.88. The van der Waals surface area contributed by atoms with E-state index in [2.05, 4.69) is 4.90 Å². The Bertz CT molecular complexity index is 145. The van der Waals surface area contributed by atoms with Crippen molar-refractivity contribution in [2.75, 3.05) is 19.6 Å². The smallest absolute Gasteiger partial charge is 0.0124 e. The highest BCUT2D eigenvalue weighted by atomic mass is 15.2. The van der Waals surface area contributed by atoms with Crippen molar-refractivity contribution < 1.29 is 0 Å². The molecule has 1 saturated carbocycles. The Morgan fingerprint density at radius 3 is 2.83 bits per heavy atom. The summed E-state index contributed by atoms with van der Waals surface area (Å²) in [7, 11) is 0. The van der Waals surface area contributed by atoms with E-state index < -0.39 is 0 Å². The van der Waals surface area contributed by atoms with E-state index in [-0.39, 0.29) is 0 Å². The molecule has 0 amide bonds. The van der Waals surface area contributed by atoms with E-state index in [9.17, 15) is 0 Å². The topological polar surface area (TPSA) is 29.3 Å². The second kappa shape index (κ2) is 3.75. The first-order valence-electron chi connectivity index (χ1n) is 5.36. The van der Waals surface area contributed by atoms with Gasteiger partial charge in [-0.2, -0.15) is 0 Å². The number of hydrogen-bond acceptors (Lipinski definition) is 2. The van der Waals surface area contributed by atoms with Crippen LogP contribution in [0.1, 0.15) is 32.1 Å². The third-order valence-electron chi connectivity index (χ3n) is 3.52. The number of piperidine rings is 1. The second-order valence-corrected chi connectivity index (χ2v) is 4.23. The molecule has 12 heavy (non-hydrogen) atoms. The molecule has 2 fully saturated rings. The molecule has 2 atom stereocenters. The van der Waals surface area contributed by atoms with Gasteiger partial charge in [-0.25, -0.2) is 0 Å². The summed E-state index contributed by atoms with van der Waals surface area (Å²) >= 11 is 0. The molecule has 0 aromatic carbocycles. The van der Waals surface area contributed by atoms with E-state index in [1.807, 2.05) is 0 Å². The minimum Gasteiger partial charge on any atom is -0.329 e. The van der Waals surface area contributed by atoms with Gasteiger partial charge in [0.2, 0.25) is 0 Å². The van der Waals surface area contributed by atoms with Crippen molar-refractivity contribution in [2.45, 2.75) is 38.1 Å². The number of nitrogens with zero attached hydrogens (tertiary/aromatic N) is 1. The molecule has 0 unspecified atom stereocenters. The van der Waals surface area contributed by atoms with Gasteiger partial charge in [-0.15, -0.1) is 0 Å². The molecular weight excluding hydrogens is 148 g/mol. The van der Waals surface area contributed by atoms with Crippen molar-refractivity contribution in [3.8, 4) is 0 Å². The van der Waals surface area contributed by atoms with Crippen LogP contribution in [0.2, 0.25) is 0 Å². The fourth-order valence-electron chi connectivity index (χ4n) is 3.00. The van der Waals surface area contributed by atoms with Crippen molar-refractivity contribution in [3.63, 3.8) is 0 Å². The number of nitrogens with two attached hydrogens (primary N) is 1. The maximum Gasteiger partial charge on any atom is 0.0124 e. The highest BCUT2D eigenvalue weighted by Gasteiger charge is 2.34. The summed E-state index contributed by atoms with van der Waals surface area (Å²) < 4.78 is 0. The van der Waals surface area contributed by atoms with Crippen molar-refractivity contribution in [1.82, 2.24) is 4.90 Å². The average molecular weight is 168 g/mol. The molecule has 2 heteroatoms. The summed E-state index contributed by atoms with van der Waals surface area (Å²) in [6.07, 6.45) is 7.25. The Kier molecular flexibility index (Phi) is 2.66. The molecule has 0 radical (unpaired) electrons. The molecule has 1 saturated heterocycles. The van der Waals surface area contributed by atoms with Crippen LogP contribution in [0.5, 0.6) is 0 Å². The Morgan fingerprint density at radius 1 is 1.17 bits per heavy atom. The summed E-state index contributed by atoms with van der Waals surface area (Å²) in [4.78, 5) is 2.63. The average Bonchev–Trinajstić information content (AvgIpc) is 2.53. The Balaban J connectivity index is 1.94. The van der Waals surface area contributed by atoms with Gasteiger partial charge in [-0.05, 0) is 38.1 Å². The first-order chi connectivity index (χ1) is 5.92. The summed E-state index contributed by atoms with van der Waals surface area (Å²) in [5.74, 6) is 1.02. The van der Waals surface area contributed by atoms with Gasteiger partial charge in [0.05, 0.1) is 0 Å². The summed E-state index contributed by atoms with van der Waals surface area (Å²) in [5, 5.41) is 0. The third kappa shape index (κ3) is 1.50. The van der Waals surface area contributed by atoms with Gasteiger partial charge in [-0.1, -0.05) is 6.42 Å². The van der Waals surface area contributed by atoms with Gasteiger partial charge in [0.15, 0.2) is 0 Å². The number of rotatable bonds is 2. The Morgan fingerprint density at radius 2 is 2.00 bits per heavy atom. The number of hydrogen-bond donors (Lipinski definition) is 1. The first-order valence-corrected chi connectivity index (χ1v) is 5.36. The normalized spacial score (nSPS) is 36.8.